The lowest BCUT2D eigenvalue weighted by molar-refractivity contribution is -0.384. The van der Waals surface area contributed by atoms with E-state index in [1.165, 1.54) is 24.3 Å². The van der Waals surface area contributed by atoms with E-state index in [0.717, 1.165) is 6.08 Å². The van der Waals surface area contributed by atoms with Gasteiger partial charge in [-0.25, -0.2) is 4.39 Å². The summed E-state index contributed by atoms with van der Waals surface area (Å²) >= 11 is 0. The van der Waals surface area contributed by atoms with Crippen molar-refractivity contribution in [2.75, 3.05) is 6.61 Å². The van der Waals surface area contributed by atoms with Crippen LogP contribution >= 0.6 is 0 Å². The Morgan fingerprint density at radius 1 is 1.50 bits per heavy atom. The molecular formula is C9H8FNO3. The third kappa shape index (κ3) is 2.63. The normalized spacial score (nSPS) is 11.4. The maximum Gasteiger partial charge on any atom is 0.269 e. The summed E-state index contributed by atoms with van der Waals surface area (Å²) in [7, 11) is 0. The van der Waals surface area contributed by atoms with Crippen molar-refractivity contribution in [1.82, 2.24) is 0 Å². The molecule has 0 saturated heterocycles. The number of aliphatic hydroxyl groups excluding tert-OH is 1. The standard InChI is InChI=1S/C9H8FNO3/c10-8(6-12)5-7-1-3-9(4-2-7)11(13)14/h1-5,12H,6H2/b8-5-. The number of nitrogens with zero attached hydrogens (tertiary/aromatic N) is 1. The zero-order valence-electron chi connectivity index (χ0n) is 7.18. The van der Waals surface area contributed by atoms with Crippen molar-refractivity contribution in [2.45, 2.75) is 0 Å². The number of non-ortho nitro benzene ring substituents is 1. The number of hydrogen-bond acceptors (Lipinski definition) is 3. The molecule has 0 bridgehead atoms. The molecule has 74 valence electrons. The van der Waals surface area contributed by atoms with E-state index in [9.17, 15) is 14.5 Å². The van der Waals surface area contributed by atoms with E-state index in [2.05, 4.69) is 0 Å². The summed E-state index contributed by atoms with van der Waals surface area (Å²) in [6.45, 7) is -0.670. The molecule has 0 aliphatic heterocycles. The van der Waals surface area contributed by atoms with Gasteiger partial charge in [0.1, 0.15) is 5.83 Å². The number of nitro benzene ring substituents is 1. The molecule has 0 fully saturated rings. The number of nitro groups is 1. The van der Waals surface area contributed by atoms with Crippen LogP contribution in [0, 0.1) is 10.1 Å². The highest BCUT2D eigenvalue weighted by atomic mass is 19.1. The van der Waals surface area contributed by atoms with Crippen molar-refractivity contribution in [2.24, 2.45) is 0 Å². The fourth-order valence-corrected chi connectivity index (χ4v) is 0.919. The van der Waals surface area contributed by atoms with Crippen LogP contribution < -0.4 is 0 Å². The Labute approximate surface area is 79.4 Å². The molecule has 0 aliphatic rings. The van der Waals surface area contributed by atoms with Gasteiger partial charge in [-0.2, -0.15) is 0 Å². The number of rotatable bonds is 3. The van der Waals surface area contributed by atoms with Gasteiger partial charge in [0, 0.05) is 12.1 Å². The second-order valence-electron chi connectivity index (χ2n) is 2.60. The van der Waals surface area contributed by atoms with E-state index in [1.54, 1.807) is 0 Å². The monoisotopic (exact) mass is 197 g/mol. The van der Waals surface area contributed by atoms with Crippen molar-refractivity contribution < 1.29 is 14.4 Å². The SMILES string of the molecule is O=[N+]([O-])c1ccc(/C=C(\F)CO)cc1. The summed E-state index contributed by atoms with van der Waals surface area (Å²) in [6.07, 6.45) is 1.11. The van der Waals surface area contributed by atoms with Crippen LogP contribution in [0.3, 0.4) is 0 Å². The van der Waals surface area contributed by atoms with E-state index >= 15 is 0 Å². The minimum absolute atomic E-state index is 0.0495. The molecule has 0 heterocycles. The van der Waals surface area contributed by atoms with Crippen LogP contribution in [0.1, 0.15) is 5.56 Å². The highest BCUT2D eigenvalue weighted by Crippen LogP contribution is 2.14. The minimum Gasteiger partial charge on any atom is -0.389 e. The summed E-state index contributed by atoms with van der Waals surface area (Å²) in [5.41, 5.74) is 0.425. The summed E-state index contributed by atoms with van der Waals surface area (Å²) in [6, 6.07) is 5.37. The largest absolute Gasteiger partial charge is 0.389 e. The second-order valence-corrected chi connectivity index (χ2v) is 2.60. The lowest BCUT2D eigenvalue weighted by atomic mass is 10.2. The number of halogens is 1. The lowest BCUT2D eigenvalue weighted by Gasteiger charge is -1.94. The van der Waals surface area contributed by atoms with E-state index in [4.69, 9.17) is 5.11 Å². The Hall–Kier alpha value is -1.75. The molecule has 0 aromatic heterocycles. The first-order chi connectivity index (χ1) is 6.63. The smallest absolute Gasteiger partial charge is 0.269 e. The molecule has 1 rings (SSSR count). The first-order valence-corrected chi connectivity index (χ1v) is 3.85. The molecule has 0 radical (unpaired) electrons. The number of benzene rings is 1. The molecule has 1 aromatic carbocycles. The van der Waals surface area contributed by atoms with Gasteiger partial charge in [0.05, 0.1) is 11.5 Å². The van der Waals surface area contributed by atoms with Crippen molar-refractivity contribution in [3.63, 3.8) is 0 Å². The lowest BCUT2D eigenvalue weighted by Crippen LogP contribution is -1.87. The molecule has 14 heavy (non-hydrogen) atoms. The average molecular weight is 197 g/mol. The van der Waals surface area contributed by atoms with Gasteiger partial charge >= 0.3 is 0 Å². The van der Waals surface area contributed by atoms with Crippen molar-refractivity contribution >= 4 is 11.8 Å². The Bertz CT molecular complexity index is 359. The molecule has 5 heteroatoms. The Balaban J connectivity index is 2.89. The maximum absolute atomic E-state index is 12.6. The van der Waals surface area contributed by atoms with E-state index < -0.39 is 17.4 Å². The van der Waals surface area contributed by atoms with Crippen LogP contribution in [0.4, 0.5) is 10.1 Å². The summed E-state index contributed by atoms with van der Waals surface area (Å²) < 4.78 is 12.6. The molecule has 0 aliphatic carbocycles. The van der Waals surface area contributed by atoms with Gasteiger partial charge in [-0.05, 0) is 23.8 Å². The van der Waals surface area contributed by atoms with E-state index in [1.807, 2.05) is 0 Å². The molecule has 0 spiro atoms. The van der Waals surface area contributed by atoms with Gasteiger partial charge in [0.15, 0.2) is 0 Å². The summed E-state index contributed by atoms with van der Waals surface area (Å²) in [5.74, 6) is -0.682. The summed E-state index contributed by atoms with van der Waals surface area (Å²) in [5, 5.41) is 18.7. The Morgan fingerprint density at radius 3 is 2.50 bits per heavy atom. The van der Waals surface area contributed by atoms with Crippen LogP contribution in [0.15, 0.2) is 30.1 Å². The molecule has 1 aromatic rings. The van der Waals surface area contributed by atoms with Crippen molar-refractivity contribution in [1.29, 1.82) is 0 Å². The quantitative estimate of drug-likeness (QED) is 0.594. The highest BCUT2D eigenvalue weighted by molar-refractivity contribution is 5.53. The van der Waals surface area contributed by atoms with Gasteiger partial charge in [-0.1, -0.05) is 0 Å². The minimum atomic E-state index is -0.682. The summed E-state index contributed by atoms with van der Waals surface area (Å²) in [4.78, 5) is 9.73. The van der Waals surface area contributed by atoms with Crippen molar-refractivity contribution in [3.05, 3.63) is 45.8 Å². The van der Waals surface area contributed by atoms with E-state index in [0.29, 0.717) is 5.56 Å². The predicted octanol–water partition coefficient (Wildman–Crippen LogP) is 1.90. The molecule has 0 amide bonds. The third-order valence-corrected chi connectivity index (χ3v) is 1.58. The maximum atomic E-state index is 12.6. The molecular weight excluding hydrogens is 189 g/mol. The Kier molecular flexibility index (Phi) is 3.30. The fourth-order valence-electron chi connectivity index (χ4n) is 0.919. The molecule has 4 nitrogen and oxygen atoms in total. The van der Waals surface area contributed by atoms with Crippen LogP contribution in [-0.2, 0) is 0 Å². The predicted molar refractivity (Wildman–Crippen MR) is 49.3 cm³/mol. The van der Waals surface area contributed by atoms with E-state index in [-0.39, 0.29) is 5.69 Å². The van der Waals surface area contributed by atoms with Crippen LogP contribution in [0.5, 0.6) is 0 Å². The molecule has 0 unspecified atom stereocenters. The second kappa shape index (κ2) is 4.48. The molecule has 1 N–H and O–H groups in total. The van der Waals surface area contributed by atoms with Gasteiger partial charge < -0.3 is 5.11 Å². The molecule has 0 atom stereocenters. The number of aliphatic hydroxyl groups is 1. The van der Waals surface area contributed by atoms with Gasteiger partial charge in [0.2, 0.25) is 0 Å². The first kappa shape index (κ1) is 10.3. The fraction of sp³-hybridized carbons (Fsp3) is 0.111. The Morgan fingerprint density at radius 2 is 2.07 bits per heavy atom. The van der Waals surface area contributed by atoms with Crippen LogP contribution in [0.25, 0.3) is 6.08 Å². The number of hydrogen-bond donors (Lipinski definition) is 1. The van der Waals surface area contributed by atoms with Gasteiger partial charge in [-0.15, -0.1) is 0 Å². The average Bonchev–Trinajstić information content (AvgIpc) is 2.18. The first-order valence-electron chi connectivity index (χ1n) is 3.85. The topological polar surface area (TPSA) is 63.4 Å². The third-order valence-electron chi connectivity index (χ3n) is 1.58. The van der Waals surface area contributed by atoms with Gasteiger partial charge in [0.25, 0.3) is 5.69 Å². The van der Waals surface area contributed by atoms with Crippen LogP contribution in [-0.4, -0.2) is 16.6 Å². The zero-order valence-corrected chi connectivity index (χ0v) is 7.18. The zero-order chi connectivity index (χ0) is 10.6. The van der Waals surface area contributed by atoms with Crippen molar-refractivity contribution in [3.8, 4) is 0 Å². The van der Waals surface area contributed by atoms with Gasteiger partial charge in [-0.3, -0.25) is 10.1 Å². The van der Waals surface area contributed by atoms with Crippen LogP contribution in [0.2, 0.25) is 0 Å². The molecule has 0 saturated carbocycles. The highest BCUT2D eigenvalue weighted by Gasteiger charge is 2.02.